The summed E-state index contributed by atoms with van der Waals surface area (Å²) in [5.41, 5.74) is 6.67. The second kappa shape index (κ2) is 6.50. The highest BCUT2D eigenvalue weighted by molar-refractivity contribution is 9.10. The number of anilines is 1. The van der Waals surface area contributed by atoms with Crippen LogP contribution < -0.4 is 10.6 Å². The molecule has 0 spiro atoms. The maximum absolute atomic E-state index is 5.62. The lowest BCUT2D eigenvalue weighted by atomic mass is 10.3. The van der Waals surface area contributed by atoms with Crippen LogP contribution in [0.4, 0.5) is 5.82 Å². The van der Waals surface area contributed by atoms with Crippen molar-refractivity contribution < 1.29 is 0 Å². The van der Waals surface area contributed by atoms with Gasteiger partial charge in [-0.25, -0.2) is 4.98 Å². The molecule has 1 aliphatic heterocycles. The van der Waals surface area contributed by atoms with Crippen LogP contribution in [0.25, 0.3) is 0 Å². The highest BCUT2D eigenvalue weighted by atomic mass is 79.9. The maximum Gasteiger partial charge on any atom is 0.128 e. The van der Waals surface area contributed by atoms with E-state index < -0.39 is 0 Å². The third-order valence-electron chi connectivity index (χ3n) is 3.36. The topological polar surface area (TPSA) is 45.4 Å². The summed E-state index contributed by atoms with van der Waals surface area (Å²) < 4.78 is 1.07. The van der Waals surface area contributed by atoms with Crippen molar-refractivity contribution in [2.75, 3.05) is 44.2 Å². The van der Waals surface area contributed by atoms with Gasteiger partial charge in [-0.15, -0.1) is 0 Å². The summed E-state index contributed by atoms with van der Waals surface area (Å²) in [4.78, 5) is 9.45. The van der Waals surface area contributed by atoms with Crippen LogP contribution in [0.1, 0.15) is 12.1 Å². The highest BCUT2D eigenvalue weighted by Gasteiger charge is 2.15. The minimum atomic E-state index is 0.746. The fourth-order valence-electron chi connectivity index (χ4n) is 2.31. The van der Waals surface area contributed by atoms with Crippen LogP contribution in [0.3, 0.4) is 0 Å². The van der Waals surface area contributed by atoms with E-state index >= 15 is 0 Å². The Bertz CT molecular complexity index is 397. The Morgan fingerprint density at radius 3 is 2.83 bits per heavy atom. The molecule has 5 heteroatoms. The van der Waals surface area contributed by atoms with E-state index in [1.54, 1.807) is 0 Å². The van der Waals surface area contributed by atoms with Gasteiger partial charge in [0.1, 0.15) is 5.82 Å². The molecule has 1 aromatic heterocycles. The normalized spacial score (nSPS) is 17.8. The Morgan fingerprint density at radius 2 is 2.11 bits per heavy atom. The van der Waals surface area contributed by atoms with Gasteiger partial charge in [-0.2, -0.15) is 0 Å². The zero-order valence-electron chi connectivity index (χ0n) is 10.9. The van der Waals surface area contributed by atoms with Crippen LogP contribution in [-0.4, -0.2) is 49.2 Å². The van der Waals surface area contributed by atoms with Gasteiger partial charge in [-0.05, 0) is 48.0 Å². The van der Waals surface area contributed by atoms with Crippen molar-refractivity contribution in [3.05, 3.63) is 22.3 Å². The third-order valence-corrected chi connectivity index (χ3v) is 4.20. The Labute approximate surface area is 117 Å². The molecule has 1 fully saturated rings. The van der Waals surface area contributed by atoms with Gasteiger partial charge in [0, 0.05) is 37.2 Å². The molecule has 2 N–H and O–H groups in total. The van der Waals surface area contributed by atoms with E-state index in [0.717, 1.165) is 55.3 Å². The van der Waals surface area contributed by atoms with E-state index in [4.69, 9.17) is 5.73 Å². The molecule has 100 valence electrons. The van der Waals surface area contributed by atoms with E-state index in [1.807, 2.05) is 6.92 Å². The monoisotopic (exact) mass is 312 g/mol. The standard InChI is InChI=1S/C13H21BrN4/c1-11-12(14)3-4-13(16-11)18-7-2-6-17(8-5-15)9-10-18/h3-4H,2,5-10,15H2,1H3. The number of hydrogen-bond acceptors (Lipinski definition) is 4. The third kappa shape index (κ3) is 3.43. The second-order valence-electron chi connectivity index (χ2n) is 4.71. The Morgan fingerprint density at radius 1 is 1.28 bits per heavy atom. The maximum atomic E-state index is 5.62. The molecule has 18 heavy (non-hydrogen) atoms. The molecule has 1 aliphatic rings. The molecule has 1 aromatic rings. The van der Waals surface area contributed by atoms with Crippen molar-refractivity contribution in [3.8, 4) is 0 Å². The minimum Gasteiger partial charge on any atom is -0.355 e. The highest BCUT2D eigenvalue weighted by Crippen LogP contribution is 2.20. The van der Waals surface area contributed by atoms with Crippen LogP contribution >= 0.6 is 15.9 Å². The van der Waals surface area contributed by atoms with Crippen LogP contribution in [0.2, 0.25) is 0 Å². The van der Waals surface area contributed by atoms with Crippen molar-refractivity contribution in [1.82, 2.24) is 9.88 Å². The van der Waals surface area contributed by atoms with Gasteiger partial charge in [-0.1, -0.05) is 0 Å². The average molecular weight is 313 g/mol. The molecule has 0 aromatic carbocycles. The molecule has 0 aliphatic carbocycles. The van der Waals surface area contributed by atoms with Gasteiger partial charge in [0.15, 0.2) is 0 Å². The molecule has 0 atom stereocenters. The number of rotatable bonds is 3. The fourth-order valence-corrected chi connectivity index (χ4v) is 2.53. The fraction of sp³-hybridized carbons (Fsp3) is 0.615. The summed E-state index contributed by atoms with van der Waals surface area (Å²) in [5, 5.41) is 0. The quantitative estimate of drug-likeness (QED) is 0.921. The Kier molecular flexibility index (Phi) is 4.97. The first-order valence-electron chi connectivity index (χ1n) is 6.51. The summed E-state index contributed by atoms with van der Waals surface area (Å²) >= 11 is 3.50. The van der Waals surface area contributed by atoms with Crippen LogP contribution in [-0.2, 0) is 0 Å². The zero-order chi connectivity index (χ0) is 13.0. The molecular formula is C13H21BrN4. The smallest absolute Gasteiger partial charge is 0.128 e. The van der Waals surface area contributed by atoms with E-state index in [-0.39, 0.29) is 0 Å². The van der Waals surface area contributed by atoms with Gasteiger partial charge in [0.05, 0.1) is 5.69 Å². The summed E-state index contributed by atoms with van der Waals surface area (Å²) in [6, 6.07) is 4.18. The molecular weight excluding hydrogens is 292 g/mol. The first-order chi connectivity index (χ1) is 8.70. The molecule has 0 amide bonds. The number of hydrogen-bond donors (Lipinski definition) is 1. The van der Waals surface area contributed by atoms with E-state index in [0.29, 0.717) is 0 Å². The lowest BCUT2D eigenvalue weighted by Crippen LogP contribution is -2.34. The first-order valence-corrected chi connectivity index (χ1v) is 7.30. The zero-order valence-corrected chi connectivity index (χ0v) is 12.5. The predicted molar refractivity (Wildman–Crippen MR) is 79.0 cm³/mol. The Balaban J connectivity index is 2.02. The summed E-state index contributed by atoms with van der Waals surface area (Å²) in [5.74, 6) is 1.09. The van der Waals surface area contributed by atoms with E-state index in [2.05, 4.69) is 42.8 Å². The largest absolute Gasteiger partial charge is 0.355 e. The summed E-state index contributed by atoms with van der Waals surface area (Å²) in [6.45, 7) is 8.11. The molecule has 0 bridgehead atoms. The SMILES string of the molecule is Cc1nc(N2CCCN(CCN)CC2)ccc1Br. The molecule has 4 nitrogen and oxygen atoms in total. The second-order valence-corrected chi connectivity index (χ2v) is 5.56. The van der Waals surface area contributed by atoms with Gasteiger partial charge in [0.2, 0.25) is 0 Å². The summed E-state index contributed by atoms with van der Waals surface area (Å²) in [7, 11) is 0. The first kappa shape index (κ1) is 13.8. The van der Waals surface area contributed by atoms with Crippen LogP contribution in [0.15, 0.2) is 16.6 Å². The lowest BCUT2D eigenvalue weighted by Gasteiger charge is -2.23. The van der Waals surface area contributed by atoms with E-state index in [9.17, 15) is 0 Å². The molecule has 2 rings (SSSR count). The lowest BCUT2D eigenvalue weighted by molar-refractivity contribution is 0.302. The molecule has 2 heterocycles. The molecule has 1 saturated heterocycles. The number of aromatic nitrogens is 1. The van der Waals surface area contributed by atoms with Crippen molar-refractivity contribution in [2.45, 2.75) is 13.3 Å². The van der Waals surface area contributed by atoms with Crippen molar-refractivity contribution >= 4 is 21.7 Å². The number of nitrogens with two attached hydrogens (primary N) is 1. The Hall–Kier alpha value is -0.650. The molecule has 0 radical (unpaired) electrons. The van der Waals surface area contributed by atoms with Gasteiger partial charge >= 0.3 is 0 Å². The van der Waals surface area contributed by atoms with Crippen LogP contribution in [0, 0.1) is 6.92 Å². The number of halogens is 1. The van der Waals surface area contributed by atoms with Gasteiger partial charge in [-0.3, -0.25) is 0 Å². The van der Waals surface area contributed by atoms with Crippen LogP contribution in [0.5, 0.6) is 0 Å². The van der Waals surface area contributed by atoms with Gasteiger partial charge < -0.3 is 15.5 Å². The van der Waals surface area contributed by atoms with E-state index in [1.165, 1.54) is 6.42 Å². The predicted octanol–water partition coefficient (Wildman–Crippen LogP) is 1.62. The van der Waals surface area contributed by atoms with Gasteiger partial charge in [0.25, 0.3) is 0 Å². The number of aryl methyl sites for hydroxylation is 1. The molecule has 0 saturated carbocycles. The number of pyridine rings is 1. The minimum absolute atomic E-state index is 0.746. The van der Waals surface area contributed by atoms with Crippen molar-refractivity contribution in [1.29, 1.82) is 0 Å². The van der Waals surface area contributed by atoms with Crippen molar-refractivity contribution in [2.24, 2.45) is 5.73 Å². The average Bonchev–Trinajstić information content (AvgIpc) is 2.59. The van der Waals surface area contributed by atoms with Crippen molar-refractivity contribution in [3.63, 3.8) is 0 Å². The molecule has 0 unspecified atom stereocenters. The summed E-state index contributed by atoms with van der Waals surface area (Å²) in [6.07, 6.45) is 1.18. The number of nitrogens with zero attached hydrogens (tertiary/aromatic N) is 3.